The zero-order chi connectivity index (χ0) is 14.4. The standard InChI is InChI=1S/C16H16N4/c1-3-5-6-7-14(17)16-18-15(19-20-16)13-10-8-12(4-2)9-11-13/h3-11H,1-2,17H2,(H,18,19,20)/b6-5-,14-7-. The summed E-state index contributed by atoms with van der Waals surface area (Å²) in [6.45, 7) is 7.31. The Labute approximate surface area is 118 Å². The molecule has 0 atom stereocenters. The molecule has 0 amide bonds. The molecule has 0 saturated carbocycles. The lowest BCUT2D eigenvalue weighted by Crippen LogP contribution is -1.97. The maximum absolute atomic E-state index is 5.89. The quantitative estimate of drug-likeness (QED) is 0.815. The fourth-order valence-electron chi connectivity index (χ4n) is 1.61. The van der Waals surface area contributed by atoms with Gasteiger partial charge in [0.2, 0.25) is 0 Å². The summed E-state index contributed by atoms with van der Waals surface area (Å²) in [5.74, 6) is 1.15. The molecule has 0 saturated heterocycles. The van der Waals surface area contributed by atoms with E-state index in [2.05, 4.69) is 28.3 Å². The van der Waals surface area contributed by atoms with Crippen molar-refractivity contribution < 1.29 is 0 Å². The van der Waals surface area contributed by atoms with Crippen LogP contribution in [0.5, 0.6) is 0 Å². The number of aromatic nitrogens is 3. The molecule has 0 aliphatic carbocycles. The predicted molar refractivity (Wildman–Crippen MR) is 83.4 cm³/mol. The average molecular weight is 264 g/mol. The molecule has 4 nitrogen and oxygen atoms in total. The van der Waals surface area contributed by atoms with E-state index in [0.29, 0.717) is 17.3 Å². The molecule has 100 valence electrons. The molecule has 0 aliphatic rings. The largest absolute Gasteiger partial charge is 0.396 e. The van der Waals surface area contributed by atoms with E-state index in [4.69, 9.17) is 5.73 Å². The molecule has 2 aromatic rings. The molecule has 0 radical (unpaired) electrons. The number of H-pyrrole nitrogens is 1. The third-order valence-electron chi connectivity index (χ3n) is 2.69. The van der Waals surface area contributed by atoms with E-state index in [1.54, 1.807) is 30.4 Å². The van der Waals surface area contributed by atoms with Gasteiger partial charge < -0.3 is 5.73 Å². The maximum Gasteiger partial charge on any atom is 0.197 e. The predicted octanol–water partition coefficient (Wildman–Crippen LogP) is 3.16. The average Bonchev–Trinajstić information content (AvgIpc) is 2.97. The number of rotatable bonds is 5. The first-order valence-corrected chi connectivity index (χ1v) is 6.15. The molecule has 20 heavy (non-hydrogen) atoms. The van der Waals surface area contributed by atoms with Gasteiger partial charge in [0, 0.05) is 5.56 Å². The lowest BCUT2D eigenvalue weighted by Gasteiger charge is -1.96. The van der Waals surface area contributed by atoms with Crippen molar-refractivity contribution >= 4 is 11.8 Å². The summed E-state index contributed by atoms with van der Waals surface area (Å²) in [7, 11) is 0. The van der Waals surface area contributed by atoms with Gasteiger partial charge in [0.1, 0.15) is 0 Å². The van der Waals surface area contributed by atoms with E-state index in [1.807, 2.05) is 24.3 Å². The summed E-state index contributed by atoms with van der Waals surface area (Å²) >= 11 is 0. The number of nitrogens with one attached hydrogen (secondary N) is 1. The van der Waals surface area contributed by atoms with Crippen molar-refractivity contribution in [2.45, 2.75) is 0 Å². The van der Waals surface area contributed by atoms with E-state index >= 15 is 0 Å². The number of aromatic amines is 1. The van der Waals surface area contributed by atoms with Crippen LogP contribution in [0.3, 0.4) is 0 Å². The second-order valence-corrected chi connectivity index (χ2v) is 4.08. The normalized spacial score (nSPS) is 11.7. The summed E-state index contributed by atoms with van der Waals surface area (Å²) < 4.78 is 0. The highest BCUT2D eigenvalue weighted by molar-refractivity contribution is 5.63. The molecule has 0 unspecified atom stereocenters. The Morgan fingerprint density at radius 3 is 2.55 bits per heavy atom. The second kappa shape index (κ2) is 6.33. The van der Waals surface area contributed by atoms with Gasteiger partial charge in [-0.1, -0.05) is 61.7 Å². The minimum Gasteiger partial charge on any atom is -0.396 e. The molecule has 0 fully saturated rings. The molecular weight excluding hydrogens is 248 g/mol. The topological polar surface area (TPSA) is 67.6 Å². The molecule has 1 aromatic carbocycles. The second-order valence-electron chi connectivity index (χ2n) is 4.08. The number of allylic oxidation sites excluding steroid dienone is 4. The molecule has 0 bridgehead atoms. The van der Waals surface area contributed by atoms with Crippen LogP contribution in [0, 0.1) is 0 Å². The van der Waals surface area contributed by atoms with Crippen LogP contribution in [0.2, 0.25) is 0 Å². The first kappa shape index (κ1) is 13.5. The van der Waals surface area contributed by atoms with Crippen LogP contribution >= 0.6 is 0 Å². The number of benzene rings is 1. The van der Waals surface area contributed by atoms with Gasteiger partial charge in [0.25, 0.3) is 0 Å². The smallest absolute Gasteiger partial charge is 0.197 e. The molecule has 1 aromatic heterocycles. The van der Waals surface area contributed by atoms with Crippen molar-refractivity contribution in [3.05, 3.63) is 73.1 Å². The van der Waals surface area contributed by atoms with Crippen LogP contribution in [0.4, 0.5) is 0 Å². The summed E-state index contributed by atoms with van der Waals surface area (Å²) in [5, 5.41) is 6.98. The number of hydrogen-bond acceptors (Lipinski definition) is 3. The Kier molecular flexibility index (Phi) is 4.29. The van der Waals surface area contributed by atoms with Crippen LogP contribution < -0.4 is 5.73 Å². The Balaban J connectivity index is 2.23. The van der Waals surface area contributed by atoms with Gasteiger partial charge >= 0.3 is 0 Å². The molecule has 0 aliphatic heterocycles. The van der Waals surface area contributed by atoms with Crippen molar-refractivity contribution in [3.63, 3.8) is 0 Å². The fraction of sp³-hybridized carbons (Fsp3) is 0. The van der Waals surface area contributed by atoms with Crippen LogP contribution in [0.25, 0.3) is 23.2 Å². The molecule has 3 N–H and O–H groups in total. The van der Waals surface area contributed by atoms with E-state index < -0.39 is 0 Å². The van der Waals surface area contributed by atoms with Gasteiger partial charge in [-0.3, -0.25) is 5.10 Å². The minimum atomic E-state index is 0.474. The van der Waals surface area contributed by atoms with Gasteiger partial charge in [0.15, 0.2) is 11.6 Å². The van der Waals surface area contributed by atoms with Gasteiger partial charge in [-0.2, -0.15) is 5.10 Å². The number of nitrogens with two attached hydrogens (primary N) is 1. The lowest BCUT2D eigenvalue weighted by molar-refractivity contribution is 1.07. The summed E-state index contributed by atoms with van der Waals surface area (Å²) in [6.07, 6.45) is 8.78. The van der Waals surface area contributed by atoms with Crippen molar-refractivity contribution in [2.75, 3.05) is 0 Å². The maximum atomic E-state index is 5.89. The molecule has 2 rings (SSSR count). The van der Waals surface area contributed by atoms with Gasteiger partial charge in [-0.15, -0.1) is 0 Å². The van der Waals surface area contributed by atoms with Gasteiger partial charge in [0.05, 0.1) is 5.70 Å². The zero-order valence-electron chi connectivity index (χ0n) is 11.1. The first-order valence-electron chi connectivity index (χ1n) is 6.15. The van der Waals surface area contributed by atoms with Crippen LogP contribution in [0.15, 0.2) is 61.7 Å². The zero-order valence-corrected chi connectivity index (χ0v) is 11.1. The van der Waals surface area contributed by atoms with Gasteiger partial charge in [-0.25, -0.2) is 4.98 Å². The summed E-state index contributed by atoms with van der Waals surface area (Å²) in [5.41, 5.74) is 8.39. The summed E-state index contributed by atoms with van der Waals surface area (Å²) in [4.78, 5) is 4.37. The highest BCUT2D eigenvalue weighted by Gasteiger charge is 2.06. The minimum absolute atomic E-state index is 0.474. The SMILES string of the molecule is C=C/C=C\C=C(/N)c1n[nH]c(-c2ccc(C=C)cc2)n1. The van der Waals surface area contributed by atoms with Crippen LogP contribution in [-0.4, -0.2) is 15.2 Å². The number of nitrogens with zero attached hydrogens (tertiary/aromatic N) is 2. The summed E-state index contributed by atoms with van der Waals surface area (Å²) in [6, 6.07) is 7.85. The van der Waals surface area contributed by atoms with Crippen LogP contribution in [0.1, 0.15) is 11.4 Å². The highest BCUT2D eigenvalue weighted by atomic mass is 15.2. The Morgan fingerprint density at radius 1 is 1.15 bits per heavy atom. The van der Waals surface area contributed by atoms with Crippen molar-refractivity contribution in [1.82, 2.24) is 15.2 Å². The van der Waals surface area contributed by atoms with Crippen molar-refractivity contribution in [1.29, 1.82) is 0 Å². The van der Waals surface area contributed by atoms with Gasteiger partial charge in [-0.05, 0) is 11.6 Å². The first-order chi connectivity index (χ1) is 9.74. The van der Waals surface area contributed by atoms with Crippen molar-refractivity contribution in [3.8, 4) is 11.4 Å². The molecule has 1 heterocycles. The Hall–Kier alpha value is -2.88. The van der Waals surface area contributed by atoms with E-state index in [9.17, 15) is 0 Å². The monoisotopic (exact) mass is 264 g/mol. The van der Waals surface area contributed by atoms with E-state index in [0.717, 1.165) is 11.1 Å². The molecule has 4 heteroatoms. The Bertz CT molecular complexity index is 660. The fourth-order valence-corrected chi connectivity index (χ4v) is 1.61. The van der Waals surface area contributed by atoms with E-state index in [-0.39, 0.29) is 0 Å². The third kappa shape index (κ3) is 3.11. The van der Waals surface area contributed by atoms with Crippen molar-refractivity contribution in [2.24, 2.45) is 5.73 Å². The van der Waals surface area contributed by atoms with Crippen LogP contribution in [-0.2, 0) is 0 Å². The lowest BCUT2D eigenvalue weighted by atomic mass is 10.1. The molecular formula is C16H16N4. The molecule has 0 spiro atoms. The third-order valence-corrected chi connectivity index (χ3v) is 2.69. The Morgan fingerprint density at radius 2 is 1.90 bits per heavy atom. The number of hydrogen-bond donors (Lipinski definition) is 2. The van der Waals surface area contributed by atoms with E-state index in [1.165, 1.54) is 0 Å². The highest BCUT2D eigenvalue weighted by Crippen LogP contribution is 2.17.